The van der Waals surface area contributed by atoms with Gasteiger partial charge in [0, 0.05) is 32.7 Å². The molecule has 0 unspecified atom stereocenters. The molecule has 2 N–H and O–H groups in total. The van der Waals surface area contributed by atoms with Crippen LogP contribution in [0.5, 0.6) is 0 Å². The van der Waals surface area contributed by atoms with Gasteiger partial charge in [0.1, 0.15) is 0 Å². The van der Waals surface area contributed by atoms with E-state index in [2.05, 4.69) is 10.2 Å². The minimum absolute atomic E-state index is 0.163. The lowest BCUT2D eigenvalue weighted by Gasteiger charge is -2.34. The first kappa shape index (κ1) is 11.4. The maximum Gasteiger partial charge on any atom is 0.236 e. The Labute approximate surface area is 84.7 Å². The molecule has 0 bridgehead atoms. The Bertz CT molecular complexity index is 179. The van der Waals surface area contributed by atoms with Crippen molar-refractivity contribution in [1.82, 2.24) is 15.1 Å². The number of hydrogen-bond donors (Lipinski definition) is 2. The second-order valence-electron chi connectivity index (χ2n) is 3.48. The highest BCUT2D eigenvalue weighted by molar-refractivity contribution is 5.78. The largest absolute Gasteiger partial charge is 0.395 e. The fourth-order valence-corrected chi connectivity index (χ4v) is 1.63. The van der Waals surface area contributed by atoms with E-state index in [1.54, 1.807) is 7.05 Å². The summed E-state index contributed by atoms with van der Waals surface area (Å²) >= 11 is 0. The highest BCUT2D eigenvalue weighted by Gasteiger charge is 2.19. The van der Waals surface area contributed by atoms with Gasteiger partial charge in [-0.15, -0.1) is 0 Å². The predicted molar refractivity (Wildman–Crippen MR) is 54.0 cm³/mol. The summed E-state index contributed by atoms with van der Waals surface area (Å²) in [5, 5.41) is 11.6. The Morgan fingerprint density at radius 3 is 2.50 bits per heavy atom. The molecule has 0 atom stereocenters. The van der Waals surface area contributed by atoms with Crippen LogP contribution in [0, 0.1) is 0 Å². The van der Waals surface area contributed by atoms with E-state index in [0.717, 1.165) is 26.2 Å². The number of rotatable bonds is 4. The zero-order chi connectivity index (χ0) is 10.4. The summed E-state index contributed by atoms with van der Waals surface area (Å²) in [4.78, 5) is 15.5. The standard InChI is InChI=1S/C9H19N3O2/c1-10-8-9(14)12-4-2-11(3-5-12)6-7-13/h10,13H,2-8H2,1H3. The minimum atomic E-state index is 0.163. The second kappa shape index (κ2) is 5.95. The lowest BCUT2D eigenvalue weighted by molar-refractivity contribution is -0.131. The molecule has 1 heterocycles. The van der Waals surface area contributed by atoms with Gasteiger partial charge in [0.25, 0.3) is 0 Å². The average molecular weight is 201 g/mol. The highest BCUT2D eigenvalue weighted by atomic mass is 16.3. The lowest BCUT2D eigenvalue weighted by atomic mass is 10.3. The molecule has 0 spiro atoms. The van der Waals surface area contributed by atoms with Crippen molar-refractivity contribution in [1.29, 1.82) is 0 Å². The maximum absolute atomic E-state index is 11.5. The minimum Gasteiger partial charge on any atom is -0.395 e. The van der Waals surface area contributed by atoms with Crippen LogP contribution in [0.4, 0.5) is 0 Å². The van der Waals surface area contributed by atoms with Gasteiger partial charge in [0.2, 0.25) is 5.91 Å². The van der Waals surface area contributed by atoms with E-state index >= 15 is 0 Å². The Morgan fingerprint density at radius 2 is 2.00 bits per heavy atom. The van der Waals surface area contributed by atoms with Gasteiger partial charge in [-0.3, -0.25) is 9.69 Å². The van der Waals surface area contributed by atoms with Gasteiger partial charge in [-0.25, -0.2) is 0 Å². The van der Waals surface area contributed by atoms with Crippen LogP contribution in [0.2, 0.25) is 0 Å². The molecule has 1 fully saturated rings. The molecule has 1 amide bonds. The van der Waals surface area contributed by atoms with E-state index < -0.39 is 0 Å². The monoisotopic (exact) mass is 201 g/mol. The summed E-state index contributed by atoms with van der Waals surface area (Å²) in [6, 6.07) is 0. The van der Waals surface area contributed by atoms with Crippen LogP contribution in [0.15, 0.2) is 0 Å². The van der Waals surface area contributed by atoms with Gasteiger partial charge < -0.3 is 15.3 Å². The third-order valence-electron chi connectivity index (χ3n) is 2.47. The lowest BCUT2D eigenvalue weighted by Crippen LogP contribution is -2.51. The SMILES string of the molecule is CNCC(=O)N1CCN(CCO)CC1. The van der Waals surface area contributed by atoms with Crippen LogP contribution in [-0.2, 0) is 4.79 Å². The zero-order valence-corrected chi connectivity index (χ0v) is 8.70. The molecule has 14 heavy (non-hydrogen) atoms. The normalized spacial score (nSPS) is 18.6. The van der Waals surface area contributed by atoms with E-state index in [0.29, 0.717) is 13.1 Å². The van der Waals surface area contributed by atoms with Crippen molar-refractivity contribution in [2.75, 3.05) is 52.9 Å². The number of carbonyl (C=O) groups is 1. The van der Waals surface area contributed by atoms with E-state index in [4.69, 9.17) is 5.11 Å². The van der Waals surface area contributed by atoms with Crippen LogP contribution in [0.25, 0.3) is 0 Å². The molecule has 1 rings (SSSR count). The van der Waals surface area contributed by atoms with Crippen LogP contribution in [0.3, 0.4) is 0 Å². The molecular formula is C9H19N3O2. The summed E-state index contributed by atoms with van der Waals surface area (Å²) in [6.45, 7) is 4.63. The first-order valence-corrected chi connectivity index (χ1v) is 5.03. The number of hydrogen-bond acceptors (Lipinski definition) is 4. The van der Waals surface area contributed by atoms with Crippen molar-refractivity contribution in [2.45, 2.75) is 0 Å². The number of amides is 1. The number of likely N-dealkylation sites (N-methyl/N-ethyl adjacent to an activating group) is 1. The van der Waals surface area contributed by atoms with Crippen molar-refractivity contribution in [2.24, 2.45) is 0 Å². The molecule has 0 radical (unpaired) electrons. The number of β-amino-alcohol motifs (C(OH)–C–C–N with tert-alkyl or cyclic N) is 1. The highest BCUT2D eigenvalue weighted by Crippen LogP contribution is 2.00. The molecule has 0 aromatic rings. The zero-order valence-electron chi connectivity index (χ0n) is 8.70. The number of aliphatic hydroxyl groups is 1. The van der Waals surface area contributed by atoms with Crippen LogP contribution in [0.1, 0.15) is 0 Å². The van der Waals surface area contributed by atoms with E-state index in [9.17, 15) is 4.79 Å². The van der Waals surface area contributed by atoms with E-state index in [1.165, 1.54) is 0 Å². The van der Waals surface area contributed by atoms with Crippen molar-refractivity contribution in [3.8, 4) is 0 Å². The van der Waals surface area contributed by atoms with Gasteiger partial charge in [-0.1, -0.05) is 0 Å². The first-order valence-electron chi connectivity index (χ1n) is 5.03. The predicted octanol–water partition coefficient (Wildman–Crippen LogP) is -1.66. The number of piperazine rings is 1. The molecule has 0 saturated carbocycles. The second-order valence-corrected chi connectivity index (χ2v) is 3.48. The molecule has 1 aliphatic rings. The molecule has 0 aliphatic carbocycles. The fraction of sp³-hybridized carbons (Fsp3) is 0.889. The van der Waals surface area contributed by atoms with E-state index in [-0.39, 0.29) is 12.5 Å². The Hall–Kier alpha value is -0.650. The van der Waals surface area contributed by atoms with Gasteiger partial charge in [0.05, 0.1) is 13.2 Å². The Balaban J connectivity index is 2.24. The molecule has 0 aromatic carbocycles. The molecule has 1 aliphatic heterocycles. The Kier molecular flexibility index (Phi) is 4.86. The van der Waals surface area contributed by atoms with Gasteiger partial charge >= 0.3 is 0 Å². The molecule has 1 saturated heterocycles. The number of aliphatic hydroxyl groups excluding tert-OH is 1. The summed E-state index contributed by atoms with van der Waals surface area (Å²) in [7, 11) is 1.78. The number of nitrogens with zero attached hydrogens (tertiary/aromatic N) is 2. The van der Waals surface area contributed by atoms with Crippen LogP contribution in [-0.4, -0.2) is 73.7 Å². The summed E-state index contributed by atoms with van der Waals surface area (Å²) in [5.74, 6) is 0.163. The molecule has 5 nitrogen and oxygen atoms in total. The maximum atomic E-state index is 11.5. The van der Waals surface area contributed by atoms with Crippen molar-refractivity contribution in [3.05, 3.63) is 0 Å². The average Bonchev–Trinajstić information content (AvgIpc) is 2.20. The molecule has 5 heteroatoms. The van der Waals surface area contributed by atoms with Crippen molar-refractivity contribution in [3.63, 3.8) is 0 Å². The van der Waals surface area contributed by atoms with Gasteiger partial charge in [-0.05, 0) is 7.05 Å². The quantitative estimate of drug-likeness (QED) is 0.572. The molecule has 82 valence electrons. The third kappa shape index (κ3) is 3.25. The summed E-state index contributed by atoms with van der Waals surface area (Å²) < 4.78 is 0. The smallest absolute Gasteiger partial charge is 0.236 e. The summed E-state index contributed by atoms with van der Waals surface area (Å²) in [5.41, 5.74) is 0. The van der Waals surface area contributed by atoms with E-state index in [1.807, 2.05) is 4.90 Å². The van der Waals surface area contributed by atoms with Gasteiger partial charge in [0.15, 0.2) is 0 Å². The number of nitrogens with one attached hydrogen (secondary N) is 1. The summed E-state index contributed by atoms with van der Waals surface area (Å²) in [6.07, 6.45) is 0. The Morgan fingerprint density at radius 1 is 1.36 bits per heavy atom. The number of carbonyl (C=O) groups excluding carboxylic acids is 1. The van der Waals surface area contributed by atoms with Crippen LogP contribution < -0.4 is 5.32 Å². The van der Waals surface area contributed by atoms with Crippen LogP contribution >= 0.6 is 0 Å². The molecular weight excluding hydrogens is 182 g/mol. The van der Waals surface area contributed by atoms with Crippen molar-refractivity contribution < 1.29 is 9.90 Å². The first-order chi connectivity index (χ1) is 6.77. The fourth-order valence-electron chi connectivity index (χ4n) is 1.63. The van der Waals surface area contributed by atoms with Crippen molar-refractivity contribution >= 4 is 5.91 Å². The molecule has 0 aromatic heterocycles. The van der Waals surface area contributed by atoms with Gasteiger partial charge in [-0.2, -0.15) is 0 Å². The third-order valence-corrected chi connectivity index (χ3v) is 2.47. The topological polar surface area (TPSA) is 55.8 Å².